The third-order valence-corrected chi connectivity index (χ3v) is 2.24. The van der Waals surface area contributed by atoms with Crippen LogP contribution in [0.1, 0.15) is 20.3 Å². The van der Waals surface area contributed by atoms with Crippen LogP contribution in [-0.2, 0) is 14.3 Å². The van der Waals surface area contributed by atoms with E-state index in [-0.39, 0.29) is 54.3 Å². The van der Waals surface area contributed by atoms with E-state index in [1.54, 1.807) is 13.8 Å². The average molecular weight is 220 g/mol. The smallest absolute Gasteiger partial charge is 0.875 e. The van der Waals surface area contributed by atoms with Crippen molar-refractivity contribution in [2.75, 3.05) is 6.61 Å². The zero-order valence-electron chi connectivity index (χ0n) is 9.28. The number of rotatable bonds is 2. The monoisotopic (exact) mass is 220 g/mol. The van der Waals surface area contributed by atoms with E-state index in [1.807, 2.05) is 0 Å². The largest absolute Gasteiger partial charge is 1.00 e. The molecule has 0 bridgehead atoms. The Bertz CT molecular complexity index is 285. The molecule has 0 amide bonds. The summed E-state index contributed by atoms with van der Waals surface area (Å²) in [6, 6.07) is 0. The number of allylic oxidation sites excluding steroid dienone is 1. The van der Waals surface area contributed by atoms with Gasteiger partial charge in [0, 0.05) is 6.42 Å². The first kappa shape index (κ1) is 14.7. The number of ketones is 1. The van der Waals surface area contributed by atoms with Crippen molar-refractivity contribution < 1.29 is 49.0 Å². The van der Waals surface area contributed by atoms with Gasteiger partial charge in [-0.05, 0) is 18.9 Å². The van der Waals surface area contributed by atoms with Crippen LogP contribution < -0.4 is 34.7 Å². The molecule has 0 unspecified atom stereocenters. The van der Waals surface area contributed by atoms with Gasteiger partial charge in [-0.1, -0.05) is 6.92 Å². The Balaban J connectivity index is 0.00000196. The van der Waals surface area contributed by atoms with E-state index < -0.39 is 17.6 Å². The minimum absolute atomic E-state index is 0. The van der Waals surface area contributed by atoms with E-state index in [0.29, 0.717) is 0 Å². The zero-order valence-corrected chi connectivity index (χ0v) is 11.3. The normalized spacial score (nSPS) is 25.2. The molecule has 0 spiro atoms. The van der Waals surface area contributed by atoms with Crippen LogP contribution in [0.5, 0.6) is 0 Å². The van der Waals surface area contributed by atoms with Gasteiger partial charge in [0.15, 0.2) is 5.78 Å². The molecule has 0 saturated carbocycles. The predicted octanol–water partition coefficient (Wildman–Crippen LogP) is -2.98. The van der Waals surface area contributed by atoms with Gasteiger partial charge in [0.1, 0.15) is 0 Å². The molecule has 0 heterocycles. The summed E-state index contributed by atoms with van der Waals surface area (Å²) in [5.41, 5.74) is 0. The molecule has 0 N–H and O–H groups in total. The summed E-state index contributed by atoms with van der Waals surface area (Å²) >= 11 is 0. The van der Waals surface area contributed by atoms with E-state index in [9.17, 15) is 14.7 Å². The first-order valence-corrected chi connectivity index (χ1v) is 4.64. The minimum atomic E-state index is -0.785. The van der Waals surface area contributed by atoms with Crippen LogP contribution in [0.4, 0.5) is 0 Å². The average Bonchev–Trinajstić information content (AvgIpc) is 2.01. The first-order valence-electron chi connectivity index (χ1n) is 4.64. The summed E-state index contributed by atoms with van der Waals surface area (Å²) in [6.45, 7) is 3.65. The van der Waals surface area contributed by atoms with Crippen LogP contribution in [0.2, 0.25) is 0 Å². The molecule has 78 valence electrons. The van der Waals surface area contributed by atoms with E-state index >= 15 is 0 Å². The molecule has 0 aliphatic heterocycles. The van der Waals surface area contributed by atoms with Crippen LogP contribution in [0.15, 0.2) is 11.8 Å². The Morgan fingerprint density at radius 2 is 2.27 bits per heavy atom. The zero-order chi connectivity index (χ0) is 10.7. The van der Waals surface area contributed by atoms with Crippen LogP contribution in [0.3, 0.4) is 0 Å². The van der Waals surface area contributed by atoms with Gasteiger partial charge in [-0.25, -0.2) is 0 Å². The van der Waals surface area contributed by atoms with Gasteiger partial charge in [0.2, 0.25) is 0 Å². The number of carbonyl (C=O) groups is 2. The van der Waals surface area contributed by atoms with Crippen LogP contribution in [0, 0.1) is 11.8 Å². The number of ether oxygens (including phenoxy) is 1. The van der Waals surface area contributed by atoms with Gasteiger partial charge in [-0.2, -0.15) is 0 Å². The number of esters is 1. The van der Waals surface area contributed by atoms with Crippen molar-refractivity contribution in [2.45, 2.75) is 20.3 Å². The standard InChI is InChI=1S/C10H14O4.Na/c1-3-14-10(13)9-6(2)4-7(11)5-8(9)12;/h5-6,9,12H,3-4H2,1-2H3;/q;+1/p-1/t6-,9+;/m0./s1. The van der Waals surface area contributed by atoms with E-state index in [1.165, 1.54) is 0 Å². The maximum absolute atomic E-state index is 11.4. The van der Waals surface area contributed by atoms with Crippen LogP contribution in [-0.4, -0.2) is 18.4 Å². The maximum atomic E-state index is 11.4. The molecule has 0 aromatic carbocycles. The van der Waals surface area contributed by atoms with Crippen molar-refractivity contribution in [3.8, 4) is 0 Å². The number of carbonyl (C=O) groups excluding carboxylic acids is 2. The van der Waals surface area contributed by atoms with E-state index in [4.69, 9.17) is 4.74 Å². The Labute approximate surface area is 111 Å². The summed E-state index contributed by atoms with van der Waals surface area (Å²) in [5, 5.41) is 11.4. The summed E-state index contributed by atoms with van der Waals surface area (Å²) in [6.07, 6.45) is 1.25. The SMILES string of the molecule is CCOC(=O)[C@H]1C([O-])=CC(=O)C[C@@H]1C.[Na+]. The van der Waals surface area contributed by atoms with E-state index in [2.05, 4.69) is 0 Å². The molecule has 15 heavy (non-hydrogen) atoms. The molecule has 0 aromatic rings. The second kappa shape index (κ2) is 6.30. The molecular weight excluding hydrogens is 207 g/mol. The Hall–Kier alpha value is -0.320. The molecule has 0 radical (unpaired) electrons. The topological polar surface area (TPSA) is 66.4 Å². The molecule has 1 rings (SSSR count). The van der Waals surface area contributed by atoms with Gasteiger partial charge >= 0.3 is 35.5 Å². The second-order valence-corrected chi connectivity index (χ2v) is 3.42. The van der Waals surface area contributed by atoms with Crippen molar-refractivity contribution in [3.05, 3.63) is 11.8 Å². The molecule has 5 heteroatoms. The molecular formula is C10H13NaO4. The fourth-order valence-corrected chi connectivity index (χ4v) is 1.60. The molecule has 0 aromatic heterocycles. The Kier molecular flexibility index (Phi) is 6.17. The van der Waals surface area contributed by atoms with Crippen molar-refractivity contribution >= 4 is 11.8 Å². The molecule has 0 fully saturated rings. The number of hydrogen-bond donors (Lipinski definition) is 0. The van der Waals surface area contributed by atoms with Gasteiger partial charge in [0.25, 0.3) is 0 Å². The van der Waals surface area contributed by atoms with E-state index in [0.717, 1.165) is 6.08 Å². The molecule has 4 nitrogen and oxygen atoms in total. The second-order valence-electron chi connectivity index (χ2n) is 3.42. The van der Waals surface area contributed by atoms with Gasteiger partial charge in [-0.3, -0.25) is 9.59 Å². The summed E-state index contributed by atoms with van der Waals surface area (Å²) in [4.78, 5) is 22.3. The van der Waals surface area contributed by atoms with Crippen LogP contribution >= 0.6 is 0 Å². The third-order valence-electron chi connectivity index (χ3n) is 2.24. The number of hydrogen-bond acceptors (Lipinski definition) is 4. The van der Waals surface area contributed by atoms with Crippen molar-refractivity contribution in [3.63, 3.8) is 0 Å². The summed E-state index contributed by atoms with van der Waals surface area (Å²) in [5.74, 6) is -2.18. The fourth-order valence-electron chi connectivity index (χ4n) is 1.60. The van der Waals surface area contributed by atoms with Crippen LogP contribution in [0.25, 0.3) is 0 Å². The predicted molar refractivity (Wildman–Crippen MR) is 47.0 cm³/mol. The molecule has 2 atom stereocenters. The Morgan fingerprint density at radius 1 is 1.67 bits per heavy atom. The van der Waals surface area contributed by atoms with Crippen molar-refractivity contribution in [1.29, 1.82) is 0 Å². The summed E-state index contributed by atoms with van der Waals surface area (Å²) < 4.78 is 4.77. The fraction of sp³-hybridized carbons (Fsp3) is 0.600. The minimum Gasteiger partial charge on any atom is -0.875 e. The van der Waals surface area contributed by atoms with Gasteiger partial charge in [0.05, 0.1) is 12.5 Å². The molecule has 0 saturated heterocycles. The molecule has 1 aliphatic carbocycles. The quantitative estimate of drug-likeness (QED) is 0.368. The Morgan fingerprint density at radius 3 is 2.73 bits per heavy atom. The third kappa shape index (κ3) is 3.63. The van der Waals surface area contributed by atoms with Gasteiger partial charge in [-0.15, -0.1) is 5.76 Å². The summed E-state index contributed by atoms with van der Waals surface area (Å²) in [7, 11) is 0. The molecule has 1 aliphatic rings. The van der Waals surface area contributed by atoms with Crippen molar-refractivity contribution in [1.82, 2.24) is 0 Å². The van der Waals surface area contributed by atoms with Gasteiger partial charge < -0.3 is 9.84 Å². The first-order chi connectivity index (χ1) is 6.56. The van der Waals surface area contributed by atoms with Crippen molar-refractivity contribution in [2.24, 2.45) is 11.8 Å². The maximum Gasteiger partial charge on any atom is 1.00 e.